The summed E-state index contributed by atoms with van der Waals surface area (Å²) >= 11 is 1.37. The molecule has 2 aromatic heterocycles. The summed E-state index contributed by atoms with van der Waals surface area (Å²) in [6.07, 6.45) is 6.14. The van der Waals surface area contributed by atoms with E-state index in [0.717, 1.165) is 18.1 Å². The van der Waals surface area contributed by atoms with E-state index in [1.165, 1.54) is 17.1 Å². The van der Waals surface area contributed by atoms with Crippen LogP contribution in [0, 0.1) is 0 Å². The van der Waals surface area contributed by atoms with Crippen molar-refractivity contribution in [2.24, 2.45) is 0 Å². The summed E-state index contributed by atoms with van der Waals surface area (Å²) in [5, 5.41) is 4.07. The van der Waals surface area contributed by atoms with Crippen molar-refractivity contribution in [2.45, 2.75) is 6.42 Å². The van der Waals surface area contributed by atoms with Gasteiger partial charge >= 0.3 is 0 Å². The first-order chi connectivity index (χ1) is 6.95. The summed E-state index contributed by atoms with van der Waals surface area (Å²) in [4.78, 5) is 7.99. The molecule has 0 aromatic carbocycles. The third-order valence-corrected chi connectivity index (χ3v) is 2.42. The molecular formula is C9H10N4S. The van der Waals surface area contributed by atoms with Crippen molar-refractivity contribution >= 4 is 16.7 Å². The summed E-state index contributed by atoms with van der Waals surface area (Å²) in [5.41, 5.74) is 1.28. The topological polar surface area (TPSA) is 50.7 Å². The number of nitrogens with zero attached hydrogens (tertiary/aromatic N) is 3. The van der Waals surface area contributed by atoms with Gasteiger partial charge in [-0.15, -0.1) is 0 Å². The molecule has 0 saturated heterocycles. The van der Waals surface area contributed by atoms with Crippen LogP contribution in [0.3, 0.4) is 0 Å². The van der Waals surface area contributed by atoms with Crippen molar-refractivity contribution in [3.8, 4) is 0 Å². The zero-order valence-corrected chi connectivity index (χ0v) is 8.37. The first kappa shape index (κ1) is 9.08. The molecule has 0 radical (unpaired) electrons. The van der Waals surface area contributed by atoms with Crippen LogP contribution in [0.1, 0.15) is 5.56 Å². The predicted molar refractivity (Wildman–Crippen MR) is 56.3 cm³/mol. The highest BCUT2D eigenvalue weighted by Gasteiger charge is 1.95. The third kappa shape index (κ3) is 2.50. The van der Waals surface area contributed by atoms with Crippen molar-refractivity contribution in [3.05, 3.63) is 36.4 Å². The summed E-state index contributed by atoms with van der Waals surface area (Å²) in [7, 11) is 0. The van der Waals surface area contributed by atoms with E-state index >= 15 is 0 Å². The molecule has 0 aliphatic rings. The molecule has 0 aliphatic heterocycles. The molecular weight excluding hydrogens is 196 g/mol. The lowest BCUT2D eigenvalue weighted by molar-refractivity contribution is 1.01. The standard InChI is InChI=1S/C9H10N4S/c1-4-10-5-2-8(1)3-6-11-9-12-7-13-14-9/h1-2,4-5,7H,3,6H2,(H,11,12,13). The molecule has 2 rings (SSSR count). The van der Waals surface area contributed by atoms with Crippen molar-refractivity contribution < 1.29 is 0 Å². The molecule has 0 unspecified atom stereocenters. The van der Waals surface area contributed by atoms with E-state index in [1.54, 1.807) is 18.7 Å². The molecule has 0 fully saturated rings. The quantitative estimate of drug-likeness (QED) is 0.825. The fraction of sp³-hybridized carbons (Fsp3) is 0.222. The first-order valence-electron chi connectivity index (χ1n) is 4.34. The molecule has 2 heterocycles. The van der Waals surface area contributed by atoms with E-state index in [-0.39, 0.29) is 0 Å². The van der Waals surface area contributed by atoms with E-state index in [4.69, 9.17) is 0 Å². The second kappa shape index (κ2) is 4.66. The van der Waals surface area contributed by atoms with Gasteiger partial charge < -0.3 is 5.32 Å². The van der Waals surface area contributed by atoms with Crippen LogP contribution in [0.5, 0.6) is 0 Å². The van der Waals surface area contributed by atoms with Crippen molar-refractivity contribution in [1.82, 2.24) is 14.3 Å². The molecule has 1 N–H and O–H groups in total. The van der Waals surface area contributed by atoms with Gasteiger partial charge in [0.1, 0.15) is 6.33 Å². The van der Waals surface area contributed by atoms with Crippen LogP contribution >= 0.6 is 11.5 Å². The van der Waals surface area contributed by atoms with Gasteiger partial charge in [-0.2, -0.15) is 4.37 Å². The van der Waals surface area contributed by atoms with Crippen LogP contribution in [-0.2, 0) is 6.42 Å². The van der Waals surface area contributed by atoms with Gasteiger partial charge in [0.25, 0.3) is 0 Å². The molecule has 0 amide bonds. The minimum absolute atomic E-state index is 0.874. The molecule has 0 atom stereocenters. The highest BCUT2D eigenvalue weighted by Crippen LogP contribution is 2.06. The zero-order chi connectivity index (χ0) is 9.64. The Morgan fingerprint density at radius 1 is 1.29 bits per heavy atom. The maximum Gasteiger partial charge on any atom is 0.202 e. The predicted octanol–water partition coefficient (Wildman–Crippen LogP) is 1.59. The highest BCUT2D eigenvalue weighted by molar-refractivity contribution is 7.09. The highest BCUT2D eigenvalue weighted by atomic mass is 32.1. The van der Waals surface area contributed by atoms with Crippen LogP contribution in [0.4, 0.5) is 5.13 Å². The molecule has 4 nitrogen and oxygen atoms in total. The molecule has 0 saturated carbocycles. The lowest BCUT2D eigenvalue weighted by atomic mass is 10.2. The Labute approximate surface area is 86.2 Å². The number of pyridine rings is 1. The Hall–Kier alpha value is -1.49. The molecule has 5 heteroatoms. The molecule has 2 aromatic rings. The molecule has 0 spiro atoms. The summed E-state index contributed by atoms with van der Waals surface area (Å²) < 4.78 is 3.91. The average Bonchev–Trinajstić information content (AvgIpc) is 2.72. The van der Waals surface area contributed by atoms with Gasteiger partial charge in [-0.05, 0) is 24.1 Å². The van der Waals surface area contributed by atoms with E-state index in [2.05, 4.69) is 19.7 Å². The zero-order valence-electron chi connectivity index (χ0n) is 7.55. The Bertz CT molecular complexity index is 360. The van der Waals surface area contributed by atoms with Crippen molar-refractivity contribution in [2.75, 3.05) is 11.9 Å². The summed E-state index contributed by atoms with van der Waals surface area (Å²) in [6.45, 7) is 0.874. The monoisotopic (exact) mass is 206 g/mol. The second-order valence-electron chi connectivity index (χ2n) is 2.78. The number of anilines is 1. The Balaban J connectivity index is 1.79. The Morgan fingerprint density at radius 3 is 2.86 bits per heavy atom. The normalized spacial score (nSPS) is 10.0. The Morgan fingerprint density at radius 2 is 2.14 bits per heavy atom. The van der Waals surface area contributed by atoms with E-state index in [9.17, 15) is 0 Å². The van der Waals surface area contributed by atoms with Gasteiger partial charge in [-0.25, -0.2) is 4.98 Å². The average molecular weight is 206 g/mol. The fourth-order valence-electron chi connectivity index (χ4n) is 1.11. The number of rotatable bonds is 4. The minimum atomic E-state index is 0.874. The first-order valence-corrected chi connectivity index (χ1v) is 5.12. The van der Waals surface area contributed by atoms with Gasteiger partial charge in [-0.1, -0.05) is 0 Å². The number of hydrogen-bond donors (Lipinski definition) is 1. The van der Waals surface area contributed by atoms with Gasteiger partial charge in [0.05, 0.1) is 0 Å². The molecule has 72 valence electrons. The van der Waals surface area contributed by atoms with Gasteiger partial charge in [0.15, 0.2) is 0 Å². The number of aromatic nitrogens is 3. The lowest BCUT2D eigenvalue weighted by Gasteiger charge is -2.01. The molecule has 0 bridgehead atoms. The van der Waals surface area contributed by atoms with Gasteiger partial charge in [0, 0.05) is 30.5 Å². The SMILES string of the molecule is c1cc(CCNc2ncns2)ccn1. The van der Waals surface area contributed by atoms with Crippen LogP contribution in [0.2, 0.25) is 0 Å². The van der Waals surface area contributed by atoms with Crippen molar-refractivity contribution in [1.29, 1.82) is 0 Å². The Kier molecular flexibility index (Phi) is 3.03. The van der Waals surface area contributed by atoms with Gasteiger partial charge in [0.2, 0.25) is 5.13 Å². The minimum Gasteiger partial charge on any atom is -0.360 e. The van der Waals surface area contributed by atoms with Gasteiger partial charge in [-0.3, -0.25) is 4.98 Å². The maximum atomic E-state index is 4.03. The van der Waals surface area contributed by atoms with Crippen molar-refractivity contribution in [3.63, 3.8) is 0 Å². The van der Waals surface area contributed by atoms with Crippen LogP contribution in [0.25, 0.3) is 0 Å². The molecule has 0 aliphatic carbocycles. The lowest BCUT2D eigenvalue weighted by Crippen LogP contribution is -2.04. The summed E-state index contributed by atoms with van der Waals surface area (Å²) in [6, 6.07) is 4.03. The maximum absolute atomic E-state index is 4.03. The third-order valence-electron chi connectivity index (χ3n) is 1.80. The van der Waals surface area contributed by atoms with E-state index in [0.29, 0.717) is 0 Å². The number of nitrogens with one attached hydrogen (secondary N) is 1. The molecule has 14 heavy (non-hydrogen) atoms. The van der Waals surface area contributed by atoms with E-state index in [1.807, 2.05) is 12.1 Å². The van der Waals surface area contributed by atoms with E-state index < -0.39 is 0 Å². The summed E-state index contributed by atoms with van der Waals surface area (Å²) in [5.74, 6) is 0. The van der Waals surface area contributed by atoms with Crippen LogP contribution < -0.4 is 5.32 Å². The fourth-order valence-corrected chi connectivity index (χ4v) is 1.57. The van der Waals surface area contributed by atoms with Crippen LogP contribution in [0.15, 0.2) is 30.9 Å². The smallest absolute Gasteiger partial charge is 0.202 e. The number of hydrogen-bond acceptors (Lipinski definition) is 5. The second-order valence-corrected chi connectivity index (χ2v) is 3.56. The van der Waals surface area contributed by atoms with Crippen LogP contribution in [-0.4, -0.2) is 20.9 Å². The largest absolute Gasteiger partial charge is 0.360 e.